The minimum Gasteiger partial charge on any atom is -0.396 e. The summed E-state index contributed by atoms with van der Waals surface area (Å²) in [5.74, 6) is 0.705. The van der Waals surface area contributed by atoms with Gasteiger partial charge in [-0.05, 0) is 28.4 Å². The van der Waals surface area contributed by atoms with Crippen LogP contribution in [-0.2, 0) is 9.09 Å². The molecule has 7 nitrogen and oxygen atoms in total. The standard InChI is InChI=1S/C12H15BrN4O3P2/c13-8-4-10-14-2-1-9(17(10)16-8)15-7-3-6(5-18)12(22-19)11(7)20-21/h1-2,4,6-7,11-12,15,18H,3,5,21H2/t6-,7-,11+,12-/m1/s1. The van der Waals surface area contributed by atoms with E-state index in [-0.39, 0.29) is 38.8 Å². The van der Waals surface area contributed by atoms with E-state index in [2.05, 4.69) is 40.8 Å². The van der Waals surface area contributed by atoms with Crippen molar-refractivity contribution in [2.45, 2.75) is 24.2 Å². The van der Waals surface area contributed by atoms with Crippen molar-refractivity contribution in [2.75, 3.05) is 11.9 Å². The third-order valence-corrected chi connectivity index (χ3v) is 5.61. The topological polar surface area (TPSA) is 88.8 Å². The molecular weight excluding hydrogens is 390 g/mol. The SMILES string of the molecule is O=P[C@@H]1[C@@H](CO)C[C@@H](Nc2ccnc3cc(Br)nn23)[C@@H]1OP. The third kappa shape index (κ3) is 2.91. The summed E-state index contributed by atoms with van der Waals surface area (Å²) >= 11 is 3.34. The zero-order chi connectivity index (χ0) is 15.7. The van der Waals surface area contributed by atoms with Crippen LogP contribution in [-0.4, -0.2) is 44.1 Å². The zero-order valence-electron chi connectivity index (χ0n) is 11.5. The van der Waals surface area contributed by atoms with Gasteiger partial charge in [-0.3, -0.25) is 4.57 Å². The van der Waals surface area contributed by atoms with E-state index in [9.17, 15) is 9.67 Å². The van der Waals surface area contributed by atoms with Gasteiger partial charge in [-0.1, -0.05) is 0 Å². The Morgan fingerprint density at radius 1 is 1.64 bits per heavy atom. The molecule has 1 saturated carbocycles. The number of nitrogens with zero attached hydrogens (tertiary/aromatic N) is 3. The summed E-state index contributed by atoms with van der Waals surface area (Å²) in [6.45, 7) is -0.0122. The summed E-state index contributed by atoms with van der Waals surface area (Å²) in [5.41, 5.74) is 0.483. The number of anilines is 1. The molecule has 0 bridgehead atoms. The first-order valence-corrected chi connectivity index (χ1v) is 8.88. The number of hydrogen-bond acceptors (Lipinski definition) is 6. The van der Waals surface area contributed by atoms with Gasteiger partial charge in [0.25, 0.3) is 0 Å². The number of rotatable bonds is 5. The molecule has 2 heterocycles. The second kappa shape index (κ2) is 6.85. The molecule has 0 amide bonds. The Balaban J connectivity index is 1.89. The maximum absolute atomic E-state index is 11.4. The van der Waals surface area contributed by atoms with Gasteiger partial charge >= 0.3 is 0 Å². The fourth-order valence-electron chi connectivity index (χ4n) is 2.92. The Morgan fingerprint density at radius 3 is 3.14 bits per heavy atom. The van der Waals surface area contributed by atoms with Crippen LogP contribution in [0.4, 0.5) is 5.82 Å². The van der Waals surface area contributed by atoms with Crippen molar-refractivity contribution in [3.63, 3.8) is 0 Å². The highest BCUT2D eigenvalue weighted by Gasteiger charge is 2.44. The molecule has 0 aromatic carbocycles. The predicted octanol–water partition coefficient (Wildman–Crippen LogP) is 2.12. The van der Waals surface area contributed by atoms with Crippen molar-refractivity contribution in [3.8, 4) is 0 Å². The molecule has 1 aliphatic carbocycles. The normalized spacial score (nSPS) is 28.5. The van der Waals surface area contributed by atoms with Crippen LogP contribution >= 0.6 is 33.9 Å². The highest BCUT2D eigenvalue weighted by molar-refractivity contribution is 9.10. The van der Waals surface area contributed by atoms with Crippen LogP contribution < -0.4 is 5.32 Å². The summed E-state index contributed by atoms with van der Waals surface area (Å²) in [6.07, 6.45) is 2.09. The predicted molar refractivity (Wildman–Crippen MR) is 89.3 cm³/mol. The number of aromatic nitrogens is 3. The number of nitrogens with one attached hydrogen (secondary N) is 1. The van der Waals surface area contributed by atoms with Crippen molar-refractivity contribution in [1.29, 1.82) is 0 Å². The molecule has 0 aliphatic heterocycles. The Labute approximate surface area is 139 Å². The van der Waals surface area contributed by atoms with Crippen LogP contribution in [0.1, 0.15) is 6.42 Å². The second-order valence-corrected chi connectivity index (χ2v) is 7.08. The third-order valence-electron chi connectivity index (χ3n) is 3.95. The van der Waals surface area contributed by atoms with E-state index >= 15 is 0 Å². The monoisotopic (exact) mass is 404 g/mol. The van der Waals surface area contributed by atoms with Crippen LogP contribution in [0.3, 0.4) is 0 Å². The van der Waals surface area contributed by atoms with Crippen molar-refractivity contribution in [1.82, 2.24) is 14.6 Å². The summed E-state index contributed by atoms with van der Waals surface area (Å²) in [5, 5.41) is 17.2. The lowest BCUT2D eigenvalue weighted by Crippen LogP contribution is -2.34. The lowest BCUT2D eigenvalue weighted by atomic mass is 10.1. The van der Waals surface area contributed by atoms with Crippen LogP contribution in [0.2, 0.25) is 0 Å². The molecule has 0 saturated heterocycles. The first kappa shape index (κ1) is 16.2. The van der Waals surface area contributed by atoms with Gasteiger partial charge in [-0.15, -0.1) is 0 Å². The van der Waals surface area contributed by atoms with E-state index in [1.54, 1.807) is 10.7 Å². The van der Waals surface area contributed by atoms with E-state index < -0.39 is 0 Å². The second-order valence-electron chi connectivity index (χ2n) is 5.19. The Hall–Kier alpha value is -0.650. The molecule has 2 N–H and O–H groups in total. The molecule has 10 heteroatoms. The smallest absolute Gasteiger partial charge is 0.161 e. The quantitative estimate of drug-likeness (QED) is 0.742. The number of aliphatic hydroxyl groups is 1. The highest BCUT2D eigenvalue weighted by atomic mass is 79.9. The molecule has 2 aromatic heterocycles. The lowest BCUT2D eigenvalue weighted by molar-refractivity contribution is 0.204. The van der Waals surface area contributed by atoms with Crippen molar-refractivity contribution in [3.05, 3.63) is 22.9 Å². The van der Waals surface area contributed by atoms with Gasteiger partial charge in [-0.2, -0.15) is 9.61 Å². The maximum atomic E-state index is 11.4. The maximum Gasteiger partial charge on any atom is 0.161 e. The van der Waals surface area contributed by atoms with E-state index in [0.29, 0.717) is 11.0 Å². The summed E-state index contributed by atoms with van der Waals surface area (Å²) in [7, 11) is 2.22. The van der Waals surface area contributed by atoms with Crippen LogP contribution in [0.5, 0.6) is 0 Å². The van der Waals surface area contributed by atoms with Gasteiger partial charge < -0.3 is 14.9 Å². The van der Waals surface area contributed by atoms with E-state index in [4.69, 9.17) is 4.52 Å². The van der Waals surface area contributed by atoms with Gasteiger partial charge in [-0.25, -0.2) is 4.98 Å². The molecule has 0 radical (unpaired) electrons. The molecule has 3 rings (SSSR count). The number of halogens is 1. The van der Waals surface area contributed by atoms with Gasteiger partial charge in [0.1, 0.15) is 10.4 Å². The molecule has 5 atom stereocenters. The largest absolute Gasteiger partial charge is 0.396 e. The van der Waals surface area contributed by atoms with Crippen LogP contribution in [0, 0.1) is 5.92 Å². The molecule has 0 spiro atoms. The number of hydrogen-bond donors (Lipinski definition) is 2. The number of fused-ring (bicyclic) bond motifs is 1. The summed E-state index contributed by atoms with van der Waals surface area (Å²) in [6, 6.07) is 3.57. The fraction of sp³-hybridized carbons (Fsp3) is 0.500. The van der Waals surface area contributed by atoms with Crippen molar-refractivity contribution >= 4 is 45.3 Å². The lowest BCUT2D eigenvalue weighted by Gasteiger charge is -2.22. The first-order chi connectivity index (χ1) is 10.7. The van der Waals surface area contributed by atoms with Gasteiger partial charge in [0.15, 0.2) is 14.1 Å². The molecule has 1 fully saturated rings. The van der Waals surface area contributed by atoms with Crippen LogP contribution in [0.15, 0.2) is 22.9 Å². The minimum absolute atomic E-state index is 0.0118. The zero-order valence-corrected chi connectivity index (χ0v) is 15.1. The average molecular weight is 405 g/mol. The molecule has 118 valence electrons. The van der Waals surface area contributed by atoms with E-state index in [1.165, 1.54) is 0 Å². The Morgan fingerprint density at radius 2 is 2.45 bits per heavy atom. The average Bonchev–Trinajstić information content (AvgIpc) is 3.06. The Bertz CT molecular complexity index is 685. The first-order valence-electron chi connectivity index (χ1n) is 6.73. The van der Waals surface area contributed by atoms with Gasteiger partial charge in [0.2, 0.25) is 0 Å². The van der Waals surface area contributed by atoms with Gasteiger partial charge in [0, 0.05) is 34.3 Å². The van der Waals surface area contributed by atoms with Crippen LogP contribution in [0.25, 0.3) is 5.65 Å². The summed E-state index contributed by atoms with van der Waals surface area (Å²) in [4.78, 5) is 4.24. The molecule has 22 heavy (non-hydrogen) atoms. The fourth-order valence-corrected chi connectivity index (χ4v) is 4.56. The van der Waals surface area contributed by atoms with Crippen molar-refractivity contribution in [2.24, 2.45) is 5.92 Å². The number of aliphatic hydroxyl groups excluding tert-OH is 1. The molecule has 1 unspecified atom stereocenters. The van der Waals surface area contributed by atoms with E-state index in [1.807, 2.05) is 12.1 Å². The van der Waals surface area contributed by atoms with Gasteiger partial charge in [0.05, 0.1) is 17.8 Å². The molecule has 1 aliphatic rings. The Kier molecular flexibility index (Phi) is 5.05. The molecule has 2 aromatic rings. The minimum atomic E-state index is -0.275. The molecular formula is C12H15BrN4O3P2. The summed E-state index contributed by atoms with van der Waals surface area (Å²) < 4.78 is 19.2. The highest BCUT2D eigenvalue weighted by Crippen LogP contribution is 2.38. The van der Waals surface area contributed by atoms with Crippen molar-refractivity contribution < 1.29 is 14.2 Å². The van der Waals surface area contributed by atoms with E-state index in [0.717, 1.165) is 11.5 Å².